The van der Waals surface area contributed by atoms with E-state index >= 15 is 0 Å². The van der Waals surface area contributed by atoms with E-state index in [0.29, 0.717) is 6.54 Å². The maximum Gasteiger partial charge on any atom is 0.176 e. The maximum atomic E-state index is 12.4. The van der Waals surface area contributed by atoms with E-state index in [1.807, 2.05) is 19.2 Å². The van der Waals surface area contributed by atoms with Crippen LogP contribution in [0.5, 0.6) is 0 Å². The summed E-state index contributed by atoms with van der Waals surface area (Å²) in [6.07, 6.45) is 2.21. The van der Waals surface area contributed by atoms with Gasteiger partial charge in [0, 0.05) is 16.5 Å². The Balaban J connectivity index is 1.97. The molecule has 3 heteroatoms. The summed E-state index contributed by atoms with van der Waals surface area (Å²) in [5, 5.41) is 2.08. The van der Waals surface area contributed by atoms with E-state index in [2.05, 4.69) is 48.4 Å². The molecule has 0 aliphatic rings. The van der Waals surface area contributed by atoms with Crippen LogP contribution in [0, 0.1) is 0 Å². The minimum atomic E-state index is 0.184. The maximum absolute atomic E-state index is 12.4. The van der Waals surface area contributed by atoms with Crippen molar-refractivity contribution in [2.24, 2.45) is 0 Å². The van der Waals surface area contributed by atoms with E-state index in [4.69, 9.17) is 0 Å². The third kappa shape index (κ3) is 4.26. The lowest BCUT2D eigenvalue weighted by Crippen LogP contribution is -2.28. The van der Waals surface area contributed by atoms with Crippen LogP contribution >= 0.6 is 11.3 Å². The van der Waals surface area contributed by atoms with Crippen molar-refractivity contribution in [3.05, 3.63) is 57.8 Å². The highest BCUT2D eigenvalue weighted by atomic mass is 32.1. The van der Waals surface area contributed by atoms with E-state index in [1.165, 1.54) is 10.4 Å². The van der Waals surface area contributed by atoms with Crippen molar-refractivity contribution in [1.82, 2.24) is 4.90 Å². The number of aryl methyl sites for hydroxylation is 1. The van der Waals surface area contributed by atoms with Gasteiger partial charge in [-0.25, -0.2) is 0 Å². The predicted molar refractivity (Wildman–Crippen MR) is 90.1 cm³/mol. The quantitative estimate of drug-likeness (QED) is 0.698. The Labute approximate surface area is 131 Å². The van der Waals surface area contributed by atoms with Gasteiger partial charge in [-0.15, -0.1) is 11.3 Å². The molecule has 0 bridgehead atoms. The van der Waals surface area contributed by atoms with Crippen molar-refractivity contribution in [2.45, 2.75) is 32.7 Å². The number of carbonyl (C=O) groups is 1. The second-order valence-electron chi connectivity index (χ2n) is 5.48. The van der Waals surface area contributed by atoms with Gasteiger partial charge in [-0.05, 0) is 37.4 Å². The molecule has 0 saturated carbocycles. The third-order valence-corrected chi connectivity index (χ3v) is 4.87. The first-order valence-electron chi connectivity index (χ1n) is 7.47. The number of hydrogen-bond acceptors (Lipinski definition) is 3. The molecule has 1 unspecified atom stereocenters. The molecule has 0 spiro atoms. The average Bonchev–Trinajstić information content (AvgIpc) is 3.01. The van der Waals surface area contributed by atoms with Crippen LogP contribution in [-0.4, -0.2) is 24.3 Å². The number of thiophene rings is 1. The zero-order chi connectivity index (χ0) is 15.2. The number of likely N-dealkylation sites (N-methyl/N-ethyl adjacent to an activating group) is 1. The number of ketones is 1. The summed E-state index contributed by atoms with van der Waals surface area (Å²) in [6.45, 7) is 4.76. The molecule has 1 atom stereocenters. The van der Waals surface area contributed by atoms with Crippen molar-refractivity contribution in [3.63, 3.8) is 0 Å². The van der Waals surface area contributed by atoms with Crippen LogP contribution < -0.4 is 0 Å². The van der Waals surface area contributed by atoms with E-state index < -0.39 is 0 Å². The molecule has 0 N–H and O–H groups in total. The van der Waals surface area contributed by atoms with Gasteiger partial charge < -0.3 is 0 Å². The second-order valence-corrected chi connectivity index (χ2v) is 6.46. The van der Waals surface area contributed by atoms with Gasteiger partial charge in [0.05, 0.1) is 6.54 Å². The van der Waals surface area contributed by atoms with Crippen LogP contribution in [0.3, 0.4) is 0 Å². The summed E-state index contributed by atoms with van der Waals surface area (Å²) in [5.74, 6) is 0.184. The lowest BCUT2D eigenvalue weighted by atomic mass is 10.0. The molecular weight excluding hydrogens is 278 g/mol. The first kappa shape index (κ1) is 15.9. The Morgan fingerprint density at radius 3 is 2.52 bits per heavy atom. The molecule has 0 saturated heterocycles. The number of hydrogen-bond donors (Lipinski definition) is 0. The minimum Gasteiger partial charge on any atom is -0.293 e. The highest BCUT2D eigenvalue weighted by Gasteiger charge is 2.16. The lowest BCUT2D eigenvalue weighted by molar-refractivity contribution is 0.0926. The molecule has 0 fully saturated rings. The van der Waals surface area contributed by atoms with Gasteiger partial charge in [-0.1, -0.05) is 43.7 Å². The van der Waals surface area contributed by atoms with Crippen molar-refractivity contribution in [3.8, 4) is 0 Å². The number of benzene rings is 1. The average molecular weight is 301 g/mol. The fourth-order valence-electron chi connectivity index (χ4n) is 2.35. The summed E-state index contributed by atoms with van der Waals surface area (Å²) >= 11 is 1.74. The van der Waals surface area contributed by atoms with Crippen LogP contribution in [0.2, 0.25) is 0 Å². The van der Waals surface area contributed by atoms with Gasteiger partial charge >= 0.3 is 0 Å². The molecule has 2 aromatic rings. The minimum absolute atomic E-state index is 0.184. The topological polar surface area (TPSA) is 20.3 Å². The lowest BCUT2D eigenvalue weighted by Gasteiger charge is -2.23. The fraction of sp³-hybridized carbons (Fsp3) is 0.389. The number of nitrogens with zero attached hydrogens (tertiary/aromatic N) is 1. The van der Waals surface area contributed by atoms with E-state index in [0.717, 1.165) is 18.4 Å². The van der Waals surface area contributed by atoms with Gasteiger partial charge in [0.25, 0.3) is 0 Å². The third-order valence-electron chi connectivity index (χ3n) is 3.82. The highest BCUT2D eigenvalue weighted by Crippen LogP contribution is 2.23. The van der Waals surface area contributed by atoms with E-state index in [1.54, 1.807) is 11.3 Å². The Kier molecular flexibility index (Phi) is 5.71. The molecule has 112 valence electrons. The molecule has 1 heterocycles. The molecule has 21 heavy (non-hydrogen) atoms. The number of Topliss-reactive ketones (excluding diaryl/α,β-unsaturated/α-hetero) is 1. The van der Waals surface area contributed by atoms with Gasteiger partial charge in [-0.2, -0.15) is 0 Å². The van der Waals surface area contributed by atoms with Crippen LogP contribution in [0.4, 0.5) is 0 Å². The van der Waals surface area contributed by atoms with Crippen molar-refractivity contribution >= 4 is 17.1 Å². The molecule has 2 nitrogen and oxygen atoms in total. The summed E-state index contributed by atoms with van der Waals surface area (Å²) in [6, 6.07) is 12.5. The summed E-state index contributed by atoms with van der Waals surface area (Å²) < 4.78 is 0. The van der Waals surface area contributed by atoms with Crippen LogP contribution in [0.15, 0.2) is 41.8 Å². The number of carbonyl (C=O) groups excluding carboxylic acids is 1. The van der Waals surface area contributed by atoms with Gasteiger partial charge in [0.1, 0.15) is 0 Å². The predicted octanol–water partition coefficient (Wildman–Crippen LogP) is 4.58. The zero-order valence-corrected chi connectivity index (χ0v) is 13.8. The van der Waals surface area contributed by atoms with Crippen molar-refractivity contribution < 1.29 is 4.79 Å². The van der Waals surface area contributed by atoms with Gasteiger partial charge in [0.15, 0.2) is 5.78 Å². The molecule has 0 radical (unpaired) electrons. The molecule has 1 aromatic carbocycles. The second kappa shape index (κ2) is 7.53. The molecule has 0 amide bonds. The van der Waals surface area contributed by atoms with Crippen LogP contribution in [0.1, 0.15) is 47.1 Å². The molecular formula is C18H23NOS. The molecule has 0 aliphatic heterocycles. The SMILES string of the molecule is CCCc1ccc(C(=O)CN(C)C(C)c2cccs2)cc1. The van der Waals surface area contributed by atoms with E-state index in [9.17, 15) is 4.79 Å². The van der Waals surface area contributed by atoms with Gasteiger partial charge in [0.2, 0.25) is 0 Å². The first-order chi connectivity index (χ1) is 10.1. The van der Waals surface area contributed by atoms with Crippen LogP contribution in [-0.2, 0) is 6.42 Å². The largest absolute Gasteiger partial charge is 0.293 e. The summed E-state index contributed by atoms with van der Waals surface area (Å²) in [4.78, 5) is 15.8. The van der Waals surface area contributed by atoms with Crippen molar-refractivity contribution in [1.29, 1.82) is 0 Å². The Morgan fingerprint density at radius 2 is 1.95 bits per heavy atom. The Hall–Kier alpha value is -1.45. The molecule has 0 aliphatic carbocycles. The molecule has 2 rings (SSSR count). The first-order valence-corrected chi connectivity index (χ1v) is 8.35. The monoisotopic (exact) mass is 301 g/mol. The number of rotatable bonds is 7. The van der Waals surface area contributed by atoms with Crippen molar-refractivity contribution in [2.75, 3.05) is 13.6 Å². The van der Waals surface area contributed by atoms with Gasteiger partial charge in [-0.3, -0.25) is 9.69 Å². The zero-order valence-electron chi connectivity index (χ0n) is 13.0. The standard InChI is InChI=1S/C18H23NOS/c1-4-6-15-8-10-16(11-9-15)17(20)13-19(3)14(2)18-7-5-12-21-18/h5,7-12,14H,4,6,13H2,1-3H3. The fourth-order valence-corrected chi connectivity index (χ4v) is 3.20. The summed E-state index contributed by atoms with van der Waals surface area (Å²) in [7, 11) is 2.01. The molecule has 1 aromatic heterocycles. The van der Waals surface area contributed by atoms with Crippen LogP contribution in [0.25, 0.3) is 0 Å². The smallest absolute Gasteiger partial charge is 0.176 e. The normalized spacial score (nSPS) is 12.6. The Bertz CT molecular complexity index is 559. The summed E-state index contributed by atoms with van der Waals surface area (Å²) in [5.41, 5.74) is 2.11. The van der Waals surface area contributed by atoms with E-state index in [-0.39, 0.29) is 11.8 Å². The highest BCUT2D eigenvalue weighted by molar-refractivity contribution is 7.10. The Morgan fingerprint density at radius 1 is 1.24 bits per heavy atom.